The Balaban J connectivity index is 2.28. The van der Waals surface area contributed by atoms with Crippen molar-refractivity contribution in [2.45, 2.75) is 31.7 Å². The minimum Gasteiger partial charge on any atom is -0.435 e. The van der Waals surface area contributed by atoms with Crippen molar-refractivity contribution in [2.24, 2.45) is 17.8 Å². The summed E-state index contributed by atoms with van der Waals surface area (Å²) in [5.74, 6) is -1.24. The third kappa shape index (κ3) is 1.63. The average Bonchev–Trinajstić information content (AvgIpc) is 2.54. The highest BCUT2D eigenvalue weighted by atomic mass is 16.7. The number of methoxy groups -OCH3 is 1. The highest BCUT2D eigenvalue weighted by molar-refractivity contribution is 5.74. The number of aliphatic hydroxyl groups excluding tert-OH is 1. The standard InChI is InChI=1S/C11H18O5/c1-11(14)4-3-6-7(5-12)9(13)16-10(15-2)8(6)11/h6-8,10,12,14H,3-5H2,1-2H3/t6-,7-,8-,10-,11+/m1/s1. The molecular formula is C11H18O5. The first-order valence-corrected chi connectivity index (χ1v) is 5.58. The van der Waals surface area contributed by atoms with E-state index in [2.05, 4.69) is 0 Å². The first kappa shape index (κ1) is 11.8. The Morgan fingerprint density at radius 2 is 2.31 bits per heavy atom. The van der Waals surface area contributed by atoms with Crippen molar-refractivity contribution < 1.29 is 24.5 Å². The van der Waals surface area contributed by atoms with Crippen LogP contribution in [-0.4, -0.2) is 41.8 Å². The third-order valence-electron chi connectivity index (χ3n) is 3.94. The molecule has 16 heavy (non-hydrogen) atoms. The molecule has 92 valence electrons. The zero-order valence-corrected chi connectivity index (χ0v) is 9.55. The van der Waals surface area contributed by atoms with Crippen molar-refractivity contribution in [3.63, 3.8) is 0 Å². The Labute approximate surface area is 94.4 Å². The van der Waals surface area contributed by atoms with Crippen LogP contribution in [0.1, 0.15) is 19.8 Å². The van der Waals surface area contributed by atoms with Crippen LogP contribution in [0.15, 0.2) is 0 Å². The van der Waals surface area contributed by atoms with Crippen LogP contribution in [0.3, 0.4) is 0 Å². The number of carbonyl (C=O) groups is 1. The van der Waals surface area contributed by atoms with E-state index in [0.717, 1.165) is 6.42 Å². The average molecular weight is 230 g/mol. The second kappa shape index (κ2) is 3.98. The lowest BCUT2D eigenvalue weighted by molar-refractivity contribution is -0.232. The van der Waals surface area contributed by atoms with Crippen molar-refractivity contribution >= 4 is 5.97 Å². The van der Waals surface area contributed by atoms with E-state index < -0.39 is 23.8 Å². The number of fused-ring (bicyclic) bond motifs is 1. The lowest BCUT2D eigenvalue weighted by Gasteiger charge is -2.41. The Bertz CT molecular complexity index is 288. The van der Waals surface area contributed by atoms with Gasteiger partial charge in [0.15, 0.2) is 0 Å². The van der Waals surface area contributed by atoms with Crippen LogP contribution < -0.4 is 0 Å². The van der Waals surface area contributed by atoms with Crippen molar-refractivity contribution in [1.82, 2.24) is 0 Å². The van der Waals surface area contributed by atoms with Crippen LogP contribution in [0, 0.1) is 17.8 Å². The summed E-state index contributed by atoms with van der Waals surface area (Å²) in [4.78, 5) is 11.6. The SMILES string of the molecule is CO[C@@H]1OC(=O)[C@H](CO)[C@H]2CC[C@](C)(O)[C@@H]12. The quantitative estimate of drug-likeness (QED) is 0.648. The molecule has 0 aromatic carbocycles. The van der Waals surface area contributed by atoms with Gasteiger partial charge in [-0.1, -0.05) is 0 Å². The van der Waals surface area contributed by atoms with E-state index >= 15 is 0 Å². The van der Waals surface area contributed by atoms with E-state index in [1.54, 1.807) is 6.92 Å². The number of esters is 1. The van der Waals surface area contributed by atoms with Crippen molar-refractivity contribution in [1.29, 1.82) is 0 Å². The zero-order chi connectivity index (χ0) is 11.9. The van der Waals surface area contributed by atoms with Gasteiger partial charge in [0.05, 0.1) is 24.0 Å². The molecule has 1 aliphatic heterocycles. The van der Waals surface area contributed by atoms with E-state index in [9.17, 15) is 15.0 Å². The van der Waals surface area contributed by atoms with E-state index in [1.165, 1.54) is 7.11 Å². The van der Waals surface area contributed by atoms with E-state index in [-0.39, 0.29) is 18.4 Å². The topological polar surface area (TPSA) is 76.0 Å². The zero-order valence-electron chi connectivity index (χ0n) is 9.55. The van der Waals surface area contributed by atoms with Gasteiger partial charge in [-0.15, -0.1) is 0 Å². The predicted molar refractivity (Wildman–Crippen MR) is 54.3 cm³/mol. The Hall–Kier alpha value is -0.650. The second-order valence-corrected chi connectivity index (χ2v) is 4.92. The molecule has 1 saturated heterocycles. The fraction of sp³-hybridized carbons (Fsp3) is 0.909. The minimum atomic E-state index is -0.889. The lowest BCUT2D eigenvalue weighted by Crippen LogP contribution is -2.51. The van der Waals surface area contributed by atoms with Gasteiger partial charge in [0.25, 0.3) is 0 Å². The van der Waals surface area contributed by atoms with Gasteiger partial charge in [0.1, 0.15) is 0 Å². The molecule has 0 bridgehead atoms. The highest BCUT2D eigenvalue weighted by Crippen LogP contribution is 2.49. The number of carbonyl (C=O) groups excluding carboxylic acids is 1. The Morgan fingerprint density at radius 1 is 1.62 bits per heavy atom. The molecule has 2 rings (SSSR count). The van der Waals surface area contributed by atoms with Gasteiger partial charge < -0.3 is 19.7 Å². The van der Waals surface area contributed by atoms with E-state index in [1.807, 2.05) is 0 Å². The molecule has 2 aliphatic rings. The highest BCUT2D eigenvalue weighted by Gasteiger charge is 2.56. The monoisotopic (exact) mass is 230 g/mol. The molecule has 1 saturated carbocycles. The molecule has 5 heteroatoms. The third-order valence-corrected chi connectivity index (χ3v) is 3.94. The number of hydrogen-bond acceptors (Lipinski definition) is 5. The summed E-state index contributed by atoms with van der Waals surface area (Å²) in [5.41, 5.74) is -0.889. The van der Waals surface area contributed by atoms with E-state index in [0.29, 0.717) is 6.42 Å². The summed E-state index contributed by atoms with van der Waals surface area (Å²) in [5, 5.41) is 19.5. The van der Waals surface area contributed by atoms with Crippen LogP contribution in [0.5, 0.6) is 0 Å². The molecule has 2 fully saturated rings. The molecule has 1 aliphatic carbocycles. The summed E-state index contributed by atoms with van der Waals surface area (Å²) < 4.78 is 10.2. The number of rotatable bonds is 2. The van der Waals surface area contributed by atoms with Gasteiger partial charge in [-0.05, 0) is 25.7 Å². The molecule has 0 aromatic rings. The molecule has 5 atom stereocenters. The number of hydrogen-bond donors (Lipinski definition) is 2. The van der Waals surface area contributed by atoms with Crippen LogP contribution >= 0.6 is 0 Å². The summed E-state index contributed by atoms with van der Waals surface area (Å²) in [6.07, 6.45) is 0.630. The van der Waals surface area contributed by atoms with Crippen LogP contribution in [0.25, 0.3) is 0 Å². The molecule has 0 amide bonds. The van der Waals surface area contributed by atoms with Gasteiger partial charge in [0, 0.05) is 7.11 Å². The van der Waals surface area contributed by atoms with Crippen molar-refractivity contribution in [2.75, 3.05) is 13.7 Å². The molecule has 0 spiro atoms. The van der Waals surface area contributed by atoms with Crippen LogP contribution in [0.2, 0.25) is 0 Å². The van der Waals surface area contributed by atoms with Gasteiger partial charge in [-0.2, -0.15) is 0 Å². The Kier molecular flexibility index (Phi) is 2.94. The smallest absolute Gasteiger partial charge is 0.313 e. The maximum Gasteiger partial charge on any atom is 0.313 e. The number of ether oxygens (including phenoxy) is 2. The van der Waals surface area contributed by atoms with Crippen molar-refractivity contribution in [3.05, 3.63) is 0 Å². The fourth-order valence-corrected chi connectivity index (χ4v) is 3.07. The molecule has 1 heterocycles. The summed E-state index contributed by atoms with van der Waals surface area (Å²) in [6.45, 7) is 1.50. The molecule has 5 nitrogen and oxygen atoms in total. The normalized spacial score (nSPS) is 47.6. The Morgan fingerprint density at radius 3 is 2.88 bits per heavy atom. The van der Waals surface area contributed by atoms with Gasteiger partial charge in [-0.25, -0.2) is 0 Å². The van der Waals surface area contributed by atoms with Gasteiger partial charge in [0.2, 0.25) is 6.29 Å². The van der Waals surface area contributed by atoms with E-state index in [4.69, 9.17) is 9.47 Å². The largest absolute Gasteiger partial charge is 0.435 e. The molecule has 0 radical (unpaired) electrons. The predicted octanol–water partition coefficient (Wildman–Crippen LogP) is -0.0986. The summed E-state index contributed by atoms with van der Waals surface area (Å²) >= 11 is 0. The first-order valence-electron chi connectivity index (χ1n) is 5.58. The first-order chi connectivity index (χ1) is 7.51. The number of cyclic esters (lactones) is 1. The van der Waals surface area contributed by atoms with Crippen molar-refractivity contribution in [3.8, 4) is 0 Å². The molecule has 0 unspecified atom stereocenters. The van der Waals surface area contributed by atoms with Gasteiger partial charge >= 0.3 is 5.97 Å². The second-order valence-electron chi connectivity index (χ2n) is 4.92. The summed E-state index contributed by atoms with van der Waals surface area (Å²) in [6, 6.07) is 0. The molecule has 0 aromatic heterocycles. The maximum absolute atomic E-state index is 11.6. The number of aliphatic hydroxyl groups is 2. The summed E-state index contributed by atoms with van der Waals surface area (Å²) in [7, 11) is 1.46. The molecule has 2 N–H and O–H groups in total. The molecular weight excluding hydrogens is 212 g/mol. The fourth-order valence-electron chi connectivity index (χ4n) is 3.07. The van der Waals surface area contributed by atoms with Crippen LogP contribution in [0.4, 0.5) is 0 Å². The lowest BCUT2D eigenvalue weighted by atomic mass is 9.77. The van der Waals surface area contributed by atoms with Crippen LogP contribution in [-0.2, 0) is 14.3 Å². The minimum absolute atomic E-state index is 0.0498. The maximum atomic E-state index is 11.6. The van der Waals surface area contributed by atoms with Gasteiger partial charge in [-0.3, -0.25) is 4.79 Å².